The van der Waals surface area contributed by atoms with Gasteiger partial charge >= 0.3 is 6.18 Å². The fourth-order valence-electron chi connectivity index (χ4n) is 3.63. The molecule has 0 saturated heterocycles. The molecule has 0 amide bonds. The van der Waals surface area contributed by atoms with Crippen LogP contribution in [0.15, 0.2) is 36.8 Å². The number of ketones is 1. The molecule has 186 valence electrons. The number of halogens is 5. The van der Waals surface area contributed by atoms with E-state index in [1.54, 1.807) is 19.9 Å². The number of aryl methyl sites for hydroxylation is 1. The molecule has 10 heteroatoms. The average Bonchev–Trinajstić information content (AvgIpc) is 2.79. The molecular formula is C25H24Cl2F3N3O2. The molecule has 0 fully saturated rings. The van der Waals surface area contributed by atoms with Crippen molar-refractivity contribution in [3.8, 4) is 16.9 Å². The highest BCUT2D eigenvalue weighted by Gasteiger charge is 2.32. The third kappa shape index (κ3) is 6.30. The Labute approximate surface area is 211 Å². The van der Waals surface area contributed by atoms with Crippen molar-refractivity contribution in [1.82, 2.24) is 15.0 Å². The Bertz CT molecular complexity index is 1220. The number of ether oxygens (including phenoxy) is 1. The number of carbonyl (C=O) groups is 1. The number of hydrogen-bond acceptors (Lipinski definition) is 5. The van der Waals surface area contributed by atoms with Crippen LogP contribution in [0.4, 0.5) is 13.2 Å². The molecule has 2 aromatic heterocycles. The van der Waals surface area contributed by atoms with Gasteiger partial charge in [0.25, 0.3) is 0 Å². The lowest BCUT2D eigenvalue weighted by molar-refractivity contribution is -0.141. The second-order valence-electron chi connectivity index (χ2n) is 8.36. The summed E-state index contributed by atoms with van der Waals surface area (Å²) in [4.78, 5) is 24.9. The fourth-order valence-corrected chi connectivity index (χ4v) is 4.05. The van der Waals surface area contributed by atoms with E-state index in [1.165, 1.54) is 18.5 Å². The van der Waals surface area contributed by atoms with Gasteiger partial charge in [0.05, 0.1) is 11.8 Å². The highest BCUT2D eigenvalue weighted by molar-refractivity contribution is 6.32. The first-order valence-electron chi connectivity index (χ1n) is 10.9. The number of hydrogen-bond donors (Lipinski definition) is 0. The van der Waals surface area contributed by atoms with Crippen molar-refractivity contribution in [2.45, 2.75) is 58.7 Å². The Hall–Kier alpha value is -2.71. The lowest BCUT2D eigenvalue weighted by Crippen LogP contribution is -2.16. The van der Waals surface area contributed by atoms with Crippen LogP contribution in [-0.4, -0.2) is 26.8 Å². The largest absolute Gasteiger partial charge is 0.490 e. The van der Waals surface area contributed by atoms with Crippen LogP contribution in [-0.2, 0) is 17.4 Å². The number of nitrogens with zero attached hydrogens (tertiary/aromatic N) is 3. The van der Waals surface area contributed by atoms with E-state index in [0.717, 1.165) is 12.3 Å². The zero-order valence-corrected chi connectivity index (χ0v) is 21.1. The van der Waals surface area contributed by atoms with Crippen molar-refractivity contribution < 1.29 is 22.7 Å². The Balaban J connectivity index is 2.03. The summed E-state index contributed by atoms with van der Waals surface area (Å²) in [5.74, 6) is -0.322. The molecule has 3 rings (SSSR count). The molecule has 0 saturated carbocycles. The Morgan fingerprint density at radius 3 is 2.34 bits per heavy atom. The minimum atomic E-state index is -4.56. The lowest BCUT2D eigenvalue weighted by Gasteiger charge is -2.24. The maximum absolute atomic E-state index is 13.1. The van der Waals surface area contributed by atoms with Crippen molar-refractivity contribution in [2.75, 3.05) is 0 Å². The van der Waals surface area contributed by atoms with Crippen LogP contribution in [0.1, 0.15) is 55.6 Å². The molecule has 0 aliphatic carbocycles. The van der Waals surface area contributed by atoms with Gasteiger partial charge in [-0.1, -0.05) is 36.2 Å². The van der Waals surface area contributed by atoms with Gasteiger partial charge in [0, 0.05) is 52.6 Å². The molecule has 3 aromatic rings. The standard InChI is InChI=1S/C25H24Cl2F3N3O2/c1-13(2)35-23-17(14(3)20(34)7-6-19-24(27)32-10-9-31-19)11-18(26)15(4)22(23)16-5-8-21(33-12-16)25(28,29)30/h5,8-14H,6-7H2,1-4H3. The summed E-state index contributed by atoms with van der Waals surface area (Å²) in [5.41, 5.74) is 1.57. The third-order valence-electron chi connectivity index (χ3n) is 5.48. The molecule has 0 aliphatic heterocycles. The number of benzene rings is 1. The SMILES string of the molecule is Cc1c(Cl)cc(C(C)C(=O)CCc2nccnc2Cl)c(OC(C)C)c1-c1ccc(C(F)(F)F)nc1. The molecule has 0 N–H and O–H groups in total. The van der Waals surface area contributed by atoms with Gasteiger partial charge in [0.15, 0.2) is 0 Å². The molecular weight excluding hydrogens is 502 g/mol. The van der Waals surface area contributed by atoms with Crippen LogP contribution in [0.25, 0.3) is 11.1 Å². The molecule has 35 heavy (non-hydrogen) atoms. The minimum Gasteiger partial charge on any atom is -0.490 e. The van der Waals surface area contributed by atoms with E-state index in [9.17, 15) is 18.0 Å². The molecule has 0 spiro atoms. The van der Waals surface area contributed by atoms with E-state index < -0.39 is 17.8 Å². The Kier molecular flexibility index (Phi) is 8.38. The Morgan fingerprint density at radius 1 is 1.09 bits per heavy atom. The van der Waals surface area contributed by atoms with E-state index in [0.29, 0.717) is 45.1 Å². The summed E-state index contributed by atoms with van der Waals surface area (Å²) in [6.45, 7) is 7.13. The fraction of sp³-hybridized carbons (Fsp3) is 0.360. The van der Waals surface area contributed by atoms with Gasteiger partial charge in [-0.3, -0.25) is 14.8 Å². The van der Waals surface area contributed by atoms with Crippen molar-refractivity contribution in [3.05, 3.63) is 69.5 Å². The summed E-state index contributed by atoms with van der Waals surface area (Å²) < 4.78 is 45.2. The zero-order chi connectivity index (χ0) is 25.9. The van der Waals surface area contributed by atoms with Crippen LogP contribution in [0.2, 0.25) is 10.2 Å². The normalized spacial score (nSPS) is 12.6. The van der Waals surface area contributed by atoms with Crippen molar-refractivity contribution in [3.63, 3.8) is 0 Å². The van der Waals surface area contributed by atoms with Gasteiger partial charge in [-0.25, -0.2) is 4.98 Å². The summed E-state index contributed by atoms with van der Waals surface area (Å²) in [7, 11) is 0. The topological polar surface area (TPSA) is 65.0 Å². The first kappa shape index (κ1) is 26.9. The van der Waals surface area contributed by atoms with E-state index in [4.69, 9.17) is 27.9 Å². The number of pyridine rings is 1. The predicted octanol–water partition coefficient (Wildman–Crippen LogP) is 7.27. The second kappa shape index (κ2) is 10.9. The van der Waals surface area contributed by atoms with Crippen molar-refractivity contribution in [2.24, 2.45) is 0 Å². The van der Waals surface area contributed by atoms with E-state index >= 15 is 0 Å². The number of Topliss-reactive ketones (excluding diaryl/α,β-unsaturated/α-hetero) is 1. The van der Waals surface area contributed by atoms with E-state index in [-0.39, 0.29) is 23.5 Å². The smallest absolute Gasteiger partial charge is 0.433 e. The predicted molar refractivity (Wildman–Crippen MR) is 129 cm³/mol. The number of alkyl halides is 3. The number of carbonyl (C=O) groups excluding carboxylic acids is 1. The molecule has 0 bridgehead atoms. The van der Waals surface area contributed by atoms with Gasteiger partial charge in [-0.2, -0.15) is 13.2 Å². The highest BCUT2D eigenvalue weighted by atomic mass is 35.5. The van der Waals surface area contributed by atoms with Gasteiger partial charge < -0.3 is 4.74 Å². The summed E-state index contributed by atoms with van der Waals surface area (Å²) in [6.07, 6.45) is -0.241. The van der Waals surface area contributed by atoms with Crippen LogP contribution < -0.4 is 4.74 Å². The van der Waals surface area contributed by atoms with Gasteiger partial charge in [0.2, 0.25) is 0 Å². The van der Waals surface area contributed by atoms with E-state index in [2.05, 4.69) is 15.0 Å². The van der Waals surface area contributed by atoms with Crippen molar-refractivity contribution >= 4 is 29.0 Å². The summed E-state index contributed by atoms with van der Waals surface area (Å²) >= 11 is 12.6. The van der Waals surface area contributed by atoms with Crippen molar-refractivity contribution in [1.29, 1.82) is 0 Å². The van der Waals surface area contributed by atoms with Crippen LogP contribution >= 0.6 is 23.2 Å². The quantitative estimate of drug-likeness (QED) is 0.309. The molecule has 2 heterocycles. The molecule has 1 aromatic carbocycles. The van der Waals surface area contributed by atoms with Gasteiger partial charge in [0.1, 0.15) is 22.4 Å². The Morgan fingerprint density at radius 2 is 1.77 bits per heavy atom. The monoisotopic (exact) mass is 525 g/mol. The van der Waals surface area contributed by atoms with E-state index in [1.807, 2.05) is 13.8 Å². The summed E-state index contributed by atoms with van der Waals surface area (Å²) in [5, 5.41) is 0.606. The maximum Gasteiger partial charge on any atom is 0.433 e. The zero-order valence-electron chi connectivity index (χ0n) is 19.6. The second-order valence-corrected chi connectivity index (χ2v) is 9.12. The van der Waals surface area contributed by atoms with Crippen LogP contribution in [0.3, 0.4) is 0 Å². The number of aromatic nitrogens is 3. The lowest BCUT2D eigenvalue weighted by atomic mass is 9.88. The molecule has 1 unspecified atom stereocenters. The minimum absolute atomic E-state index is 0.100. The molecule has 5 nitrogen and oxygen atoms in total. The first-order chi connectivity index (χ1) is 16.4. The number of rotatable bonds is 8. The molecule has 1 atom stereocenters. The summed E-state index contributed by atoms with van der Waals surface area (Å²) in [6, 6.07) is 3.91. The average molecular weight is 526 g/mol. The molecule has 0 aliphatic rings. The highest BCUT2D eigenvalue weighted by Crippen LogP contribution is 2.44. The van der Waals surface area contributed by atoms with Crippen LogP contribution in [0, 0.1) is 6.92 Å². The van der Waals surface area contributed by atoms with Crippen LogP contribution in [0.5, 0.6) is 5.75 Å². The third-order valence-corrected chi connectivity index (χ3v) is 6.19. The maximum atomic E-state index is 13.1. The molecule has 0 radical (unpaired) electrons. The van der Waals surface area contributed by atoms with Gasteiger partial charge in [-0.05, 0) is 44.9 Å². The van der Waals surface area contributed by atoms with Gasteiger partial charge in [-0.15, -0.1) is 0 Å². The first-order valence-corrected chi connectivity index (χ1v) is 11.7.